The molecule has 1 heterocycles. The fourth-order valence-corrected chi connectivity index (χ4v) is 1.92. The van der Waals surface area contributed by atoms with Crippen LogP contribution in [0.3, 0.4) is 0 Å². The molecule has 0 N–H and O–H groups in total. The Morgan fingerprint density at radius 2 is 1.75 bits per heavy atom. The van der Waals surface area contributed by atoms with Gasteiger partial charge in [-0.1, -0.05) is 38.1 Å². The van der Waals surface area contributed by atoms with Crippen LogP contribution in [-0.2, 0) is 7.05 Å². The zero-order chi connectivity index (χ0) is 11.7. The number of nitrogens with zero attached hydrogens (tertiary/aromatic N) is 2. The van der Waals surface area contributed by atoms with Crippen molar-refractivity contribution in [2.45, 2.75) is 26.7 Å². The minimum Gasteiger partial charge on any atom is -0.275 e. The van der Waals surface area contributed by atoms with Crippen LogP contribution in [-0.4, -0.2) is 9.78 Å². The molecular weight excluding hydrogens is 196 g/mol. The van der Waals surface area contributed by atoms with Crippen molar-refractivity contribution in [3.63, 3.8) is 0 Å². The van der Waals surface area contributed by atoms with E-state index in [1.165, 1.54) is 16.7 Å². The van der Waals surface area contributed by atoms with Gasteiger partial charge in [-0.25, -0.2) is 0 Å². The summed E-state index contributed by atoms with van der Waals surface area (Å²) in [4.78, 5) is 0. The lowest BCUT2D eigenvalue weighted by Crippen LogP contribution is -1.89. The Morgan fingerprint density at radius 1 is 1.12 bits per heavy atom. The van der Waals surface area contributed by atoms with Crippen molar-refractivity contribution in [1.82, 2.24) is 9.78 Å². The molecule has 0 atom stereocenters. The Labute approximate surface area is 96.9 Å². The summed E-state index contributed by atoms with van der Waals surface area (Å²) in [7, 11) is 1.96. The average Bonchev–Trinajstić information content (AvgIpc) is 2.58. The van der Waals surface area contributed by atoms with Gasteiger partial charge in [0.05, 0.1) is 5.69 Å². The van der Waals surface area contributed by atoms with Crippen LogP contribution in [0, 0.1) is 6.92 Å². The molecule has 2 rings (SSSR count). The lowest BCUT2D eigenvalue weighted by molar-refractivity contribution is 0.770. The molecule has 2 heteroatoms. The highest BCUT2D eigenvalue weighted by Crippen LogP contribution is 2.23. The minimum absolute atomic E-state index is 0.582. The van der Waals surface area contributed by atoms with Gasteiger partial charge >= 0.3 is 0 Å². The molecule has 0 spiro atoms. The second-order valence-corrected chi connectivity index (χ2v) is 4.61. The SMILES string of the molecule is Cc1cn(C)nc1-c1ccc(C(C)C)cc1. The number of rotatable bonds is 2. The second-order valence-electron chi connectivity index (χ2n) is 4.61. The Morgan fingerprint density at radius 3 is 2.19 bits per heavy atom. The van der Waals surface area contributed by atoms with Gasteiger partial charge in [-0.2, -0.15) is 5.10 Å². The van der Waals surface area contributed by atoms with Gasteiger partial charge in [0.1, 0.15) is 0 Å². The zero-order valence-corrected chi connectivity index (χ0v) is 10.4. The molecular formula is C14H18N2. The highest BCUT2D eigenvalue weighted by atomic mass is 15.2. The third kappa shape index (κ3) is 2.01. The fourth-order valence-electron chi connectivity index (χ4n) is 1.92. The largest absolute Gasteiger partial charge is 0.275 e. The highest BCUT2D eigenvalue weighted by molar-refractivity contribution is 5.62. The van der Waals surface area contributed by atoms with Crippen LogP contribution in [0.15, 0.2) is 30.5 Å². The topological polar surface area (TPSA) is 17.8 Å². The van der Waals surface area contributed by atoms with Crippen molar-refractivity contribution >= 4 is 0 Å². The number of hydrogen-bond donors (Lipinski definition) is 0. The van der Waals surface area contributed by atoms with Gasteiger partial charge in [-0.05, 0) is 24.0 Å². The number of aromatic nitrogens is 2. The van der Waals surface area contributed by atoms with E-state index in [-0.39, 0.29) is 0 Å². The van der Waals surface area contributed by atoms with E-state index in [1.54, 1.807) is 0 Å². The standard InChI is InChI=1S/C14H18N2/c1-10(2)12-5-7-13(8-6-12)14-11(3)9-16(4)15-14/h5-10H,1-4H3. The summed E-state index contributed by atoms with van der Waals surface area (Å²) in [5.41, 5.74) is 4.87. The Hall–Kier alpha value is -1.57. The van der Waals surface area contributed by atoms with E-state index in [2.05, 4.69) is 50.1 Å². The van der Waals surface area contributed by atoms with Crippen molar-refractivity contribution in [1.29, 1.82) is 0 Å². The minimum atomic E-state index is 0.582. The lowest BCUT2D eigenvalue weighted by Gasteiger charge is -2.05. The molecule has 1 aromatic heterocycles. The summed E-state index contributed by atoms with van der Waals surface area (Å²) < 4.78 is 1.86. The molecule has 1 aromatic carbocycles. The van der Waals surface area contributed by atoms with Crippen molar-refractivity contribution in [3.05, 3.63) is 41.6 Å². The van der Waals surface area contributed by atoms with Crippen LogP contribution in [0.4, 0.5) is 0 Å². The van der Waals surface area contributed by atoms with E-state index in [1.807, 2.05) is 17.9 Å². The van der Waals surface area contributed by atoms with Gasteiger partial charge in [-0.3, -0.25) is 4.68 Å². The predicted octanol–water partition coefficient (Wildman–Crippen LogP) is 3.52. The molecule has 16 heavy (non-hydrogen) atoms. The molecule has 0 aliphatic heterocycles. The van der Waals surface area contributed by atoms with Crippen LogP contribution in [0.25, 0.3) is 11.3 Å². The summed E-state index contributed by atoms with van der Waals surface area (Å²) in [6.45, 7) is 6.51. The van der Waals surface area contributed by atoms with Crippen LogP contribution in [0.5, 0.6) is 0 Å². The monoisotopic (exact) mass is 214 g/mol. The van der Waals surface area contributed by atoms with Gasteiger partial charge in [-0.15, -0.1) is 0 Å². The van der Waals surface area contributed by atoms with Crippen molar-refractivity contribution in [2.75, 3.05) is 0 Å². The van der Waals surface area contributed by atoms with Crippen molar-refractivity contribution in [2.24, 2.45) is 7.05 Å². The number of aryl methyl sites for hydroxylation is 2. The van der Waals surface area contributed by atoms with Crippen molar-refractivity contribution in [3.8, 4) is 11.3 Å². The Bertz CT molecular complexity index is 478. The molecule has 0 saturated carbocycles. The maximum atomic E-state index is 4.47. The Balaban J connectivity index is 2.38. The number of benzene rings is 1. The normalized spacial score (nSPS) is 11.1. The smallest absolute Gasteiger partial charge is 0.0952 e. The molecule has 0 amide bonds. The highest BCUT2D eigenvalue weighted by Gasteiger charge is 2.06. The number of hydrogen-bond acceptors (Lipinski definition) is 1. The molecule has 2 aromatic rings. The van der Waals surface area contributed by atoms with Gasteiger partial charge in [0.15, 0.2) is 0 Å². The van der Waals surface area contributed by atoms with Gasteiger partial charge in [0.25, 0.3) is 0 Å². The molecule has 84 valence electrons. The molecule has 0 aliphatic carbocycles. The van der Waals surface area contributed by atoms with Crippen molar-refractivity contribution < 1.29 is 0 Å². The average molecular weight is 214 g/mol. The second kappa shape index (κ2) is 4.12. The maximum Gasteiger partial charge on any atom is 0.0952 e. The summed E-state index contributed by atoms with van der Waals surface area (Å²) >= 11 is 0. The first kappa shape index (κ1) is 10.9. The molecule has 2 nitrogen and oxygen atoms in total. The maximum absolute atomic E-state index is 4.47. The lowest BCUT2D eigenvalue weighted by atomic mass is 10.0. The van der Waals surface area contributed by atoms with Crippen LogP contribution < -0.4 is 0 Å². The van der Waals surface area contributed by atoms with E-state index in [4.69, 9.17) is 0 Å². The summed E-state index contributed by atoms with van der Waals surface area (Å²) in [6, 6.07) is 8.69. The molecule has 0 aliphatic rings. The summed E-state index contributed by atoms with van der Waals surface area (Å²) in [6.07, 6.45) is 2.05. The first-order valence-electron chi connectivity index (χ1n) is 5.68. The fraction of sp³-hybridized carbons (Fsp3) is 0.357. The molecule has 0 unspecified atom stereocenters. The quantitative estimate of drug-likeness (QED) is 0.748. The third-order valence-electron chi connectivity index (χ3n) is 2.86. The van der Waals surface area contributed by atoms with E-state index in [9.17, 15) is 0 Å². The van der Waals surface area contributed by atoms with E-state index < -0.39 is 0 Å². The first-order valence-corrected chi connectivity index (χ1v) is 5.68. The first-order chi connectivity index (χ1) is 7.58. The van der Waals surface area contributed by atoms with Crippen LogP contribution in [0.1, 0.15) is 30.9 Å². The predicted molar refractivity (Wildman–Crippen MR) is 67.5 cm³/mol. The molecule has 0 saturated heterocycles. The molecule has 0 fully saturated rings. The van der Waals surface area contributed by atoms with E-state index >= 15 is 0 Å². The van der Waals surface area contributed by atoms with E-state index in [0.29, 0.717) is 5.92 Å². The molecule has 0 bridgehead atoms. The summed E-state index contributed by atoms with van der Waals surface area (Å²) in [5.74, 6) is 0.582. The van der Waals surface area contributed by atoms with Gasteiger partial charge in [0.2, 0.25) is 0 Å². The third-order valence-corrected chi connectivity index (χ3v) is 2.86. The van der Waals surface area contributed by atoms with E-state index in [0.717, 1.165) is 5.69 Å². The zero-order valence-electron chi connectivity index (χ0n) is 10.4. The van der Waals surface area contributed by atoms with Gasteiger partial charge in [0, 0.05) is 18.8 Å². The Kier molecular flexibility index (Phi) is 2.82. The van der Waals surface area contributed by atoms with Crippen LogP contribution in [0.2, 0.25) is 0 Å². The van der Waals surface area contributed by atoms with Crippen LogP contribution >= 0.6 is 0 Å². The van der Waals surface area contributed by atoms with Gasteiger partial charge < -0.3 is 0 Å². The molecule has 0 radical (unpaired) electrons. The summed E-state index contributed by atoms with van der Waals surface area (Å²) in [5, 5.41) is 4.47.